The molecule has 0 atom stereocenters. The number of rotatable bonds is 8. The molecule has 0 aliphatic carbocycles. The van der Waals surface area contributed by atoms with Crippen LogP contribution in [0.15, 0.2) is 72.8 Å². The zero-order valence-corrected chi connectivity index (χ0v) is 18.4. The predicted molar refractivity (Wildman–Crippen MR) is 124 cm³/mol. The summed E-state index contributed by atoms with van der Waals surface area (Å²) in [6.07, 6.45) is 0. The number of aromatic nitrogens is 1. The van der Waals surface area contributed by atoms with E-state index in [4.69, 9.17) is 42.7 Å². The number of benzene rings is 3. The number of hydrogen-bond acceptors (Lipinski definition) is 5. The van der Waals surface area contributed by atoms with Gasteiger partial charge in [-0.1, -0.05) is 53.5 Å². The number of fused-ring (bicyclic) bond motifs is 1. The molecule has 0 radical (unpaired) electrons. The Kier molecular flexibility index (Phi) is 6.96. The average Bonchev–Trinajstić information content (AvgIpc) is 2.81. The van der Waals surface area contributed by atoms with E-state index in [2.05, 4.69) is 4.98 Å². The quantitative estimate of drug-likeness (QED) is 0.293. The van der Waals surface area contributed by atoms with Crippen LogP contribution in [0.5, 0.6) is 17.2 Å². The lowest BCUT2D eigenvalue weighted by atomic mass is 10.2. The maximum atomic E-state index is 8.79. The van der Waals surface area contributed by atoms with Crippen molar-refractivity contribution in [3.63, 3.8) is 0 Å². The molecule has 0 aliphatic rings. The van der Waals surface area contributed by atoms with Crippen LogP contribution in [0.3, 0.4) is 0 Å². The Bertz CT molecular complexity index is 1290. The monoisotopic (exact) mass is 464 g/mol. The molecule has 7 heteroatoms. The lowest BCUT2D eigenvalue weighted by Crippen LogP contribution is -2.03. The third-order valence-corrected chi connectivity index (χ3v) is 5.11. The van der Waals surface area contributed by atoms with E-state index in [-0.39, 0.29) is 13.2 Å². The van der Waals surface area contributed by atoms with Crippen molar-refractivity contribution in [1.29, 1.82) is 5.26 Å². The second kappa shape index (κ2) is 10.2. The van der Waals surface area contributed by atoms with Gasteiger partial charge in [0.2, 0.25) is 0 Å². The second-order valence-electron chi connectivity index (χ2n) is 6.87. The molecule has 0 amide bonds. The molecule has 0 N–H and O–H groups in total. The molecule has 4 aromatic rings. The van der Waals surface area contributed by atoms with Gasteiger partial charge in [-0.05, 0) is 36.4 Å². The lowest BCUT2D eigenvalue weighted by molar-refractivity contribution is 0.281. The third-order valence-electron chi connectivity index (χ3n) is 4.61. The van der Waals surface area contributed by atoms with Crippen LogP contribution in [0.2, 0.25) is 10.0 Å². The highest BCUT2D eigenvalue weighted by atomic mass is 35.5. The summed E-state index contributed by atoms with van der Waals surface area (Å²) >= 11 is 12.3. The lowest BCUT2D eigenvalue weighted by Gasteiger charge is -2.14. The molecule has 0 fully saturated rings. The van der Waals surface area contributed by atoms with Crippen LogP contribution in [-0.2, 0) is 13.2 Å². The highest BCUT2D eigenvalue weighted by Crippen LogP contribution is 2.33. The van der Waals surface area contributed by atoms with Gasteiger partial charge in [-0.15, -0.1) is 0 Å². The van der Waals surface area contributed by atoms with E-state index in [0.717, 1.165) is 16.6 Å². The first-order valence-corrected chi connectivity index (χ1v) is 10.6. The van der Waals surface area contributed by atoms with Crippen molar-refractivity contribution in [3.05, 3.63) is 94.1 Å². The summed E-state index contributed by atoms with van der Waals surface area (Å²) in [6.45, 7) is 0.377. The Morgan fingerprint density at radius 1 is 0.812 bits per heavy atom. The second-order valence-corrected chi connectivity index (χ2v) is 7.71. The Morgan fingerprint density at radius 3 is 2.41 bits per heavy atom. The molecule has 4 rings (SSSR count). The minimum atomic E-state index is -0.125. The minimum absolute atomic E-state index is 0.125. The Balaban J connectivity index is 1.43. The first kappa shape index (κ1) is 21.8. The van der Waals surface area contributed by atoms with Gasteiger partial charge >= 0.3 is 0 Å². The summed E-state index contributed by atoms with van der Waals surface area (Å²) in [5.74, 6) is 1.64. The van der Waals surface area contributed by atoms with Gasteiger partial charge in [-0.25, -0.2) is 4.98 Å². The molecule has 5 nitrogen and oxygen atoms in total. The van der Waals surface area contributed by atoms with E-state index in [1.165, 1.54) is 0 Å². The van der Waals surface area contributed by atoms with Crippen LogP contribution >= 0.6 is 23.2 Å². The van der Waals surface area contributed by atoms with Crippen molar-refractivity contribution in [2.45, 2.75) is 13.2 Å². The van der Waals surface area contributed by atoms with E-state index >= 15 is 0 Å². The maximum Gasteiger partial charge on any atom is 0.174 e. The van der Waals surface area contributed by atoms with Crippen molar-refractivity contribution >= 4 is 34.1 Å². The summed E-state index contributed by atoms with van der Waals surface area (Å²) in [7, 11) is 0. The Hall–Kier alpha value is -3.46. The zero-order chi connectivity index (χ0) is 22.3. The van der Waals surface area contributed by atoms with E-state index in [0.29, 0.717) is 39.5 Å². The molecule has 0 unspecified atom stereocenters. The van der Waals surface area contributed by atoms with E-state index < -0.39 is 0 Å². The Labute approximate surface area is 195 Å². The molecule has 3 aromatic carbocycles. The third kappa shape index (κ3) is 5.42. The van der Waals surface area contributed by atoms with Crippen LogP contribution < -0.4 is 14.2 Å². The van der Waals surface area contributed by atoms with E-state index in [1.54, 1.807) is 18.2 Å². The SMILES string of the molecule is N#CCOc1c(Cl)cc(Cl)cc1COc1cccc(OCc2ccc3ccccc3n2)c1. The van der Waals surface area contributed by atoms with E-state index in [9.17, 15) is 0 Å². The van der Waals surface area contributed by atoms with Gasteiger partial charge in [-0.2, -0.15) is 5.26 Å². The summed E-state index contributed by atoms with van der Waals surface area (Å²) in [4.78, 5) is 4.62. The molecular formula is C25H18Cl2N2O3. The van der Waals surface area contributed by atoms with Crippen molar-refractivity contribution in [3.8, 4) is 23.3 Å². The first-order valence-electron chi connectivity index (χ1n) is 9.80. The standard InChI is InChI=1S/C25H18Cl2N2O3/c26-19-12-18(25(23(27)13-19)30-11-10-28)15-31-21-5-3-6-22(14-21)32-16-20-9-8-17-4-1-2-7-24(17)29-20/h1-9,12-14H,11,15-16H2. The van der Waals surface area contributed by atoms with Gasteiger partial charge in [0.25, 0.3) is 0 Å². The largest absolute Gasteiger partial charge is 0.489 e. The fourth-order valence-electron chi connectivity index (χ4n) is 3.15. The van der Waals surface area contributed by atoms with Gasteiger partial charge in [0.15, 0.2) is 6.61 Å². The number of nitrogens with zero attached hydrogens (tertiary/aromatic N) is 2. The highest BCUT2D eigenvalue weighted by Gasteiger charge is 2.12. The smallest absolute Gasteiger partial charge is 0.174 e. The van der Waals surface area contributed by atoms with Crippen LogP contribution in [0.1, 0.15) is 11.3 Å². The summed E-state index contributed by atoms with van der Waals surface area (Å²) < 4.78 is 17.2. The van der Waals surface area contributed by atoms with Crippen LogP contribution in [0.25, 0.3) is 10.9 Å². The van der Waals surface area contributed by atoms with Crippen molar-refractivity contribution in [2.24, 2.45) is 0 Å². The molecule has 1 heterocycles. The number of para-hydroxylation sites is 1. The fourth-order valence-corrected chi connectivity index (χ4v) is 3.74. The summed E-state index contributed by atoms with van der Waals surface area (Å²) in [5.41, 5.74) is 2.41. The van der Waals surface area contributed by atoms with Crippen molar-refractivity contribution < 1.29 is 14.2 Å². The molecule has 160 valence electrons. The maximum absolute atomic E-state index is 8.79. The zero-order valence-electron chi connectivity index (χ0n) is 16.9. The van der Waals surface area contributed by atoms with Crippen LogP contribution in [0, 0.1) is 11.3 Å². The number of hydrogen-bond donors (Lipinski definition) is 0. The number of pyridine rings is 1. The van der Waals surface area contributed by atoms with Gasteiger partial charge in [-0.3, -0.25) is 0 Å². The summed E-state index contributed by atoms with van der Waals surface area (Å²) in [5, 5.41) is 10.7. The van der Waals surface area contributed by atoms with E-state index in [1.807, 2.05) is 60.7 Å². The minimum Gasteiger partial charge on any atom is -0.489 e. The van der Waals surface area contributed by atoms with Crippen LogP contribution in [-0.4, -0.2) is 11.6 Å². The Morgan fingerprint density at radius 2 is 1.59 bits per heavy atom. The fraction of sp³-hybridized carbons (Fsp3) is 0.120. The van der Waals surface area contributed by atoms with Crippen molar-refractivity contribution in [2.75, 3.05) is 6.61 Å². The van der Waals surface area contributed by atoms with Gasteiger partial charge in [0, 0.05) is 22.0 Å². The number of ether oxygens (including phenoxy) is 3. The molecule has 1 aromatic heterocycles. The molecule has 0 bridgehead atoms. The first-order chi connectivity index (χ1) is 15.6. The molecule has 0 aliphatic heterocycles. The average molecular weight is 465 g/mol. The number of nitriles is 1. The molecule has 0 saturated heterocycles. The van der Waals surface area contributed by atoms with Gasteiger partial charge < -0.3 is 14.2 Å². The molecular weight excluding hydrogens is 447 g/mol. The topological polar surface area (TPSA) is 64.4 Å². The molecule has 0 spiro atoms. The summed E-state index contributed by atoms with van der Waals surface area (Å²) in [6, 6.07) is 24.4. The van der Waals surface area contributed by atoms with Gasteiger partial charge in [0.1, 0.15) is 36.5 Å². The van der Waals surface area contributed by atoms with Gasteiger partial charge in [0.05, 0.1) is 16.2 Å². The number of halogens is 2. The predicted octanol–water partition coefficient (Wildman–Crippen LogP) is 6.60. The van der Waals surface area contributed by atoms with Crippen molar-refractivity contribution in [1.82, 2.24) is 4.98 Å². The molecule has 0 saturated carbocycles. The highest BCUT2D eigenvalue weighted by molar-refractivity contribution is 6.35. The molecule has 32 heavy (non-hydrogen) atoms. The normalized spacial score (nSPS) is 10.5. The van der Waals surface area contributed by atoms with Crippen LogP contribution in [0.4, 0.5) is 0 Å².